The number of aromatic nitrogens is 4. The van der Waals surface area contributed by atoms with Gasteiger partial charge in [-0.25, -0.2) is 9.67 Å². The molecule has 1 saturated heterocycles. The normalized spacial score (nSPS) is 17.0. The van der Waals surface area contributed by atoms with E-state index < -0.39 is 29.5 Å². The van der Waals surface area contributed by atoms with Crippen LogP contribution in [0, 0.1) is 12.3 Å². The van der Waals surface area contributed by atoms with Gasteiger partial charge in [-0.1, -0.05) is 74.5 Å². The van der Waals surface area contributed by atoms with E-state index >= 15 is 0 Å². The zero-order chi connectivity index (χ0) is 33.7. The Kier molecular flexibility index (Phi) is 10.5. The molecule has 1 fully saturated rings. The summed E-state index contributed by atoms with van der Waals surface area (Å²) < 4.78 is 1.70. The van der Waals surface area contributed by atoms with E-state index in [0.29, 0.717) is 18.8 Å². The standard InChI is InChI=1S/C34H42N8O4S/c1-21-30(47-20-37-21)25-11-9-23(10-12-25)16-36-32(45)28-14-27(43)19-42(28)33(46)31(34(2,3)4)38-29(44)13-22-5-7-24(8-6-22)17-41-18-26(15-35)39-40-41/h5-12,18,20,27-28,31,43H,13-17,19,35H2,1-4H3,(H,36,45)(H,38,44)/t27-,28+,31-/m1/s1. The molecule has 3 amide bonds. The van der Waals surface area contributed by atoms with Crippen LogP contribution in [0.3, 0.4) is 0 Å². The average Bonchev–Trinajstić information content (AvgIpc) is 3.79. The Balaban J connectivity index is 1.19. The first kappa shape index (κ1) is 33.9. The molecular formula is C34H42N8O4S. The third-order valence-corrected chi connectivity index (χ3v) is 9.22. The highest BCUT2D eigenvalue weighted by molar-refractivity contribution is 7.13. The summed E-state index contributed by atoms with van der Waals surface area (Å²) in [6, 6.07) is 13.7. The van der Waals surface area contributed by atoms with Crippen molar-refractivity contribution in [2.75, 3.05) is 6.54 Å². The second-order valence-electron chi connectivity index (χ2n) is 13.0. The second kappa shape index (κ2) is 14.5. The molecule has 3 heterocycles. The number of nitrogens with one attached hydrogen (secondary N) is 2. The van der Waals surface area contributed by atoms with E-state index in [1.807, 2.05) is 81.7 Å². The van der Waals surface area contributed by atoms with Crippen molar-refractivity contribution in [3.8, 4) is 10.4 Å². The van der Waals surface area contributed by atoms with Crippen molar-refractivity contribution < 1.29 is 19.5 Å². The zero-order valence-corrected chi connectivity index (χ0v) is 28.0. The number of aryl methyl sites for hydroxylation is 1. The maximum Gasteiger partial charge on any atom is 0.246 e. The molecule has 13 heteroatoms. The van der Waals surface area contributed by atoms with Crippen molar-refractivity contribution >= 4 is 29.1 Å². The number of carbonyl (C=O) groups excluding carboxylic acids is 3. The molecule has 0 saturated carbocycles. The quantitative estimate of drug-likeness (QED) is 0.191. The highest BCUT2D eigenvalue weighted by Crippen LogP contribution is 2.28. The number of aliphatic hydroxyl groups excluding tert-OH is 1. The Bertz CT molecular complexity index is 1690. The van der Waals surface area contributed by atoms with Gasteiger partial charge in [-0.3, -0.25) is 14.4 Å². The van der Waals surface area contributed by atoms with Gasteiger partial charge in [0.1, 0.15) is 12.1 Å². The largest absolute Gasteiger partial charge is 0.391 e. The lowest BCUT2D eigenvalue weighted by atomic mass is 9.85. The number of benzene rings is 2. The van der Waals surface area contributed by atoms with Gasteiger partial charge in [0.15, 0.2) is 0 Å². The van der Waals surface area contributed by atoms with Crippen molar-refractivity contribution in [2.45, 2.75) is 78.4 Å². The van der Waals surface area contributed by atoms with Gasteiger partial charge < -0.3 is 26.4 Å². The SMILES string of the molecule is Cc1ncsc1-c1ccc(CNC(=O)[C@@H]2C[C@@H](O)CN2C(=O)[C@@H](NC(=O)Cc2ccc(Cn3cc(CN)nn3)cc2)C(C)(C)C)cc1. The lowest BCUT2D eigenvalue weighted by Crippen LogP contribution is -2.58. The van der Waals surface area contributed by atoms with Crippen LogP contribution in [0.15, 0.2) is 60.2 Å². The van der Waals surface area contributed by atoms with Gasteiger partial charge in [-0.2, -0.15) is 0 Å². The molecule has 248 valence electrons. The Morgan fingerprint density at radius 3 is 2.36 bits per heavy atom. The fourth-order valence-corrected chi connectivity index (χ4v) is 6.45. The summed E-state index contributed by atoms with van der Waals surface area (Å²) in [6.07, 6.45) is 1.16. The molecule has 0 spiro atoms. The molecule has 0 unspecified atom stereocenters. The minimum absolute atomic E-state index is 0.0161. The maximum absolute atomic E-state index is 13.9. The minimum atomic E-state index is -0.901. The van der Waals surface area contributed by atoms with Crippen LogP contribution in [0.5, 0.6) is 0 Å². The summed E-state index contributed by atoms with van der Waals surface area (Å²) in [5.41, 5.74) is 12.2. The molecule has 0 bridgehead atoms. The Morgan fingerprint density at radius 1 is 1.06 bits per heavy atom. The predicted octanol–water partition coefficient (Wildman–Crippen LogP) is 2.57. The van der Waals surface area contributed by atoms with Gasteiger partial charge in [0.2, 0.25) is 17.7 Å². The van der Waals surface area contributed by atoms with Crippen molar-refractivity contribution in [1.29, 1.82) is 0 Å². The van der Waals surface area contributed by atoms with Gasteiger partial charge in [0.05, 0.1) is 47.0 Å². The van der Waals surface area contributed by atoms with Gasteiger partial charge in [0.25, 0.3) is 0 Å². The highest BCUT2D eigenvalue weighted by Gasteiger charge is 2.44. The summed E-state index contributed by atoms with van der Waals surface area (Å²) in [7, 11) is 0. The number of thiazole rings is 1. The molecule has 3 atom stereocenters. The van der Waals surface area contributed by atoms with Crippen LogP contribution < -0.4 is 16.4 Å². The van der Waals surface area contributed by atoms with Crippen LogP contribution in [0.1, 0.15) is 55.3 Å². The Hall–Kier alpha value is -4.46. The van der Waals surface area contributed by atoms with Crippen LogP contribution in [0.25, 0.3) is 10.4 Å². The van der Waals surface area contributed by atoms with Crippen molar-refractivity contribution in [2.24, 2.45) is 11.1 Å². The Morgan fingerprint density at radius 2 is 1.74 bits per heavy atom. The van der Waals surface area contributed by atoms with Crippen molar-refractivity contribution in [1.82, 2.24) is 35.5 Å². The summed E-state index contributed by atoms with van der Waals surface area (Å²) >= 11 is 1.58. The summed E-state index contributed by atoms with van der Waals surface area (Å²) in [4.78, 5) is 47.3. The lowest BCUT2D eigenvalue weighted by molar-refractivity contribution is -0.144. The van der Waals surface area contributed by atoms with Gasteiger partial charge in [0, 0.05) is 26.1 Å². The van der Waals surface area contributed by atoms with Crippen LogP contribution in [-0.2, 0) is 40.4 Å². The van der Waals surface area contributed by atoms with Gasteiger partial charge >= 0.3 is 0 Å². The molecule has 1 aliphatic rings. The molecule has 4 aromatic rings. The number of likely N-dealkylation sites (tertiary alicyclic amines) is 1. The fourth-order valence-electron chi connectivity index (χ4n) is 5.64. The molecule has 47 heavy (non-hydrogen) atoms. The number of hydrogen-bond acceptors (Lipinski definition) is 9. The highest BCUT2D eigenvalue weighted by atomic mass is 32.1. The average molecular weight is 659 g/mol. The lowest BCUT2D eigenvalue weighted by Gasteiger charge is -2.35. The predicted molar refractivity (Wildman–Crippen MR) is 179 cm³/mol. The van der Waals surface area contributed by atoms with Gasteiger partial charge in [-0.15, -0.1) is 16.4 Å². The van der Waals surface area contributed by atoms with Crippen molar-refractivity contribution in [3.63, 3.8) is 0 Å². The minimum Gasteiger partial charge on any atom is -0.391 e. The van der Waals surface area contributed by atoms with E-state index in [9.17, 15) is 19.5 Å². The Labute approximate surface area is 278 Å². The molecule has 2 aromatic heterocycles. The molecule has 12 nitrogen and oxygen atoms in total. The number of hydrogen-bond donors (Lipinski definition) is 4. The first-order valence-electron chi connectivity index (χ1n) is 15.6. The van der Waals surface area contributed by atoms with E-state index in [4.69, 9.17) is 5.73 Å². The fraction of sp³-hybridized carbons (Fsp3) is 0.412. The van der Waals surface area contributed by atoms with Crippen molar-refractivity contribution in [3.05, 3.63) is 88.3 Å². The van der Waals surface area contributed by atoms with E-state index in [1.165, 1.54) is 4.90 Å². The number of β-amino-alcohol motifs (C(OH)–C–C–N with tert-alkyl or cyclic N) is 1. The van der Waals surface area contributed by atoms with Gasteiger partial charge in [-0.05, 0) is 34.6 Å². The van der Waals surface area contributed by atoms with E-state index in [2.05, 4.69) is 25.9 Å². The van der Waals surface area contributed by atoms with Crippen LogP contribution >= 0.6 is 11.3 Å². The number of carbonyl (C=O) groups is 3. The third kappa shape index (κ3) is 8.47. The maximum atomic E-state index is 13.9. The summed E-state index contributed by atoms with van der Waals surface area (Å²) in [5.74, 6) is -1.05. The number of aliphatic hydroxyl groups is 1. The molecular weight excluding hydrogens is 616 g/mol. The molecule has 5 N–H and O–H groups in total. The number of nitrogens with zero attached hydrogens (tertiary/aromatic N) is 5. The van der Waals surface area contributed by atoms with Crippen LogP contribution in [0.4, 0.5) is 0 Å². The number of amides is 3. The molecule has 0 radical (unpaired) electrons. The summed E-state index contributed by atoms with van der Waals surface area (Å²) in [5, 5.41) is 24.4. The monoisotopic (exact) mass is 658 g/mol. The van der Waals surface area contributed by atoms with Crippen LogP contribution in [-0.4, -0.2) is 72.4 Å². The zero-order valence-electron chi connectivity index (χ0n) is 27.1. The van der Waals surface area contributed by atoms with E-state index in [0.717, 1.165) is 32.8 Å². The first-order valence-corrected chi connectivity index (χ1v) is 16.5. The molecule has 2 aromatic carbocycles. The van der Waals surface area contributed by atoms with Crippen LogP contribution in [0.2, 0.25) is 0 Å². The molecule has 5 rings (SSSR count). The number of nitrogens with two attached hydrogens (primary N) is 1. The molecule has 0 aliphatic carbocycles. The topological polar surface area (TPSA) is 168 Å². The first-order chi connectivity index (χ1) is 22.4. The summed E-state index contributed by atoms with van der Waals surface area (Å²) in [6.45, 7) is 8.71. The smallest absolute Gasteiger partial charge is 0.246 e. The van der Waals surface area contributed by atoms with E-state index in [1.54, 1.807) is 22.2 Å². The van der Waals surface area contributed by atoms with E-state index in [-0.39, 0.29) is 37.7 Å². The molecule has 1 aliphatic heterocycles. The second-order valence-corrected chi connectivity index (χ2v) is 13.9. The number of rotatable bonds is 11. The third-order valence-electron chi connectivity index (χ3n) is 8.24.